The minimum absolute atomic E-state index is 0.385. The first-order valence-corrected chi connectivity index (χ1v) is 5.97. The lowest BCUT2D eigenvalue weighted by molar-refractivity contribution is 0.146. The van der Waals surface area contributed by atoms with Crippen molar-refractivity contribution in [3.8, 4) is 0 Å². The molecule has 0 aliphatic rings. The quantitative estimate of drug-likeness (QED) is 0.707. The van der Waals surface area contributed by atoms with Crippen molar-refractivity contribution in [2.24, 2.45) is 0 Å². The molecule has 4 heteroatoms. The van der Waals surface area contributed by atoms with Crippen molar-refractivity contribution in [1.82, 2.24) is 10.3 Å². The summed E-state index contributed by atoms with van der Waals surface area (Å²) in [7, 11) is 0. The zero-order valence-electron chi connectivity index (χ0n) is 8.82. The molecule has 1 heterocycles. The highest BCUT2D eigenvalue weighted by Gasteiger charge is 2.09. The van der Waals surface area contributed by atoms with Gasteiger partial charge in [0, 0.05) is 24.7 Å². The first-order valence-electron chi connectivity index (χ1n) is 5.09. The molecule has 1 aromatic rings. The number of aromatic nitrogens is 1. The van der Waals surface area contributed by atoms with Crippen molar-refractivity contribution < 1.29 is 4.74 Å². The number of nitrogens with one attached hydrogen (secondary N) is 1. The van der Waals surface area contributed by atoms with Gasteiger partial charge in [0.05, 0.1) is 12.6 Å². The second kappa shape index (κ2) is 6.92. The largest absolute Gasteiger partial charge is 0.380 e. The van der Waals surface area contributed by atoms with Gasteiger partial charge in [0.15, 0.2) is 0 Å². The summed E-state index contributed by atoms with van der Waals surface area (Å²) in [5.74, 6) is 0. The normalized spacial score (nSPS) is 13.0. The number of hydrogen-bond acceptors (Lipinski definition) is 4. The fourth-order valence-corrected chi connectivity index (χ4v) is 2.06. The molecule has 1 N–H and O–H groups in total. The number of thiazole rings is 1. The molecule has 0 spiro atoms. The maximum absolute atomic E-state index is 5.27. The molecule has 0 aliphatic heterocycles. The van der Waals surface area contributed by atoms with E-state index in [0.717, 1.165) is 26.2 Å². The van der Waals surface area contributed by atoms with E-state index in [1.807, 2.05) is 18.5 Å². The fourth-order valence-electron chi connectivity index (χ4n) is 1.26. The molecule has 0 aromatic carbocycles. The Balaban J connectivity index is 2.26. The van der Waals surface area contributed by atoms with E-state index in [1.165, 1.54) is 5.01 Å². The minimum Gasteiger partial charge on any atom is -0.380 e. The Bertz CT molecular complexity index is 226. The van der Waals surface area contributed by atoms with E-state index in [9.17, 15) is 0 Å². The van der Waals surface area contributed by atoms with Crippen LogP contribution >= 0.6 is 11.3 Å². The van der Waals surface area contributed by atoms with Crippen LogP contribution in [0.5, 0.6) is 0 Å². The van der Waals surface area contributed by atoms with Crippen LogP contribution in [0.2, 0.25) is 0 Å². The van der Waals surface area contributed by atoms with Crippen molar-refractivity contribution in [1.29, 1.82) is 0 Å². The zero-order valence-corrected chi connectivity index (χ0v) is 9.64. The molecule has 0 saturated heterocycles. The Hall–Kier alpha value is -0.450. The lowest BCUT2D eigenvalue weighted by Crippen LogP contribution is -2.24. The summed E-state index contributed by atoms with van der Waals surface area (Å²) in [6, 6.07) is 0.385. The van der Waals surface area contributed by atoms with Gasteiger partial charge in [-0.05, 0) is 13.3 Å². The second-order valence-electron chi connectivity index (χ2n) is 2.98. The predicted octanol–water partition coefficient (Wildman–Crippen LogP) is 2.22. The van der Waals surface area contributed by atoms with E-state index in [4.69, 9.17) is 4.74 Å². The monoisotopic (exact) mass is 214 g/mol. The Labute approximate surface area is 89.5 Å². The third-order valence-electron chi connectivity index (χ3n) is 2.00. The number of nitrogens with zero attached hydrogens (tertiary/aromatic N) is 1. The Kier molecular flexibility index (Phi) is 5.75. The van der Waals surface area contributed by atoms with Crippen LogP contribution in [0.1, 0.15) is 31.3 Å². The van der Waals surface area contributed by atoms with E-state index in [2.05, 4.69) is 17.2 Å². The molecule has 3 nitrogen and oxygen atoms in total. The number of rotatable bonds is 7. The van der Waals surface area contributed by atoms with Gasteiger partial charge in [-0.3, -0.25) is 0 Å². The van der Waals surface area contributed by atoms with Crippen LogP contribution in [0.4, 0.5) is 0 Å². The van der Waals surface area contributed by atoms with Crippen LogP contribution in [0.15, 0.2) is 11.6 Å². The van der Waals surface area contributed by atoms with Crippen molar-refractivity contribution in [3.05, 3.63) is 16.6 Å². The van der Waals surface area contributed by atoms with Crippen LogP contribution in [0.3, 0.4) is 0 Å². The molecule has 14 heavy (non-hydrogen) atoms. The second-order valence-corrected chi connectivity index (χ2v) is 3.91. The highest BCUT2D eigenvalue weighted by atomic mass is 32.1. The summed E-state index contributed by atoms with van der Waals surface area (Å²) < 4.78 is 5.27. The Morgan fingerprint density at radius 1 is 1.57 bits per heavy atom. The Morgan fingerprint density at radius 3 is 3.00 bits per heavy atom. The molecular formula is C10H18N2OS. The van der Waals surface area contributed by atoms with E-state index >= 15 is 0 Å². The molecule has 0 radical (unpaired) electrons. The maximum atomic E-state index is 5.27. The van der Waals surface area contributed by atoms with Gasteiger partial charge in [0.2, 0.25) is 0 Å². The van der Waals surface area contributed by atoms with Gasteiger partial charge >= 0.3 is 0 Å². The smallest absolute Gasteiger partial charge is 0.109 e. The first-order chi connectivity index (χ1) is 6.88. The molecule has 1 atom stereocenters. The molecule has 80 valence electrons. The van der Waals surface area contributed by atoms with E-state index in [-0.39, 0.29) is 0 Å². The van der Waals surface area contributed by atoms with Crippen molar-refractivity contribution >= 4 is 11.3 Å². The summed E-state index contributed by atoms with van der Waals surface area (Å²) in [6.45, 7) is 6.64. The topological polar surface area (TPSA) is 34.1 Å². The zero-order chi connectivity index (χ0) is 10.2. The average molecular weight is 214 g/mol. The fraction of sp³-hybridized carbons (Fsp3) is 0.700. The van der Waals surface area contributed by atoms with Crippen LogP contribution in [0, 0.1) is 0 Å². The standard InChI is InChI=1S/C10H18N2OS/c1-3-9(10-12-6-8-14-10)11-5-7-13-4-2/h6,8-9,11H,3-5,7H2,1-2H3. The molecule has 0 saturated carbocycles. The van der Waals surface area contributed by atoms with Crippen LogP contribution in [-0.2, 0) is 4.74 Å². The molecule has 0 aliphatic carbocycles. The van der Waals surface area contributed by atoms with Gasteiger partial charge in [-0.2, -0.15) is 0 Å². The molecule has 1 unspecified atom stereocenters. The molecule has 1 rings (SSSR count). The SMILES string of the molecule is CCOCCNC(CC)c1nccs1. The van der Waals surface area contributed by atoms with Gasteiger partial charge in [-0.25, -0.2) is 4.98 Å². The third kappa shape index (κ3) is 3.74. The number of hydrogen-bond donors (Lipinski definition) is 1. The lowest BCUT2D eigenvalue weighted by atomic mass is 10.2. The van der Waals surface area contributed by atoms with Gasteiger partial charge in [0.25, 0.3) is 0 Å². The number of ether oxygens (including phenoxy) is 1. The minimum atomic E-state index is 0.385. The van der Waals surface area contributed by atoms with Crippen molar-refractivity contribution in [2.75, 3.05) is 19.8 Å². The molecule has 1 aromatic heterocycles. The van der Waals surface area contributed by atoms with Crippen LogP contribution in [0.25, 0.3) is 0 Å². The average Bonchev–Trinajstić information content (AvgIpc) is 2.71. The summed E-state index contributed by atoms with van der Waals surface area (Å²) in [6.07, 6.45) is 2.92. The lowest BCUT2D eigenvalue weighted by Gasteiger charge is -2.13. The third-order valence-corrected chi connectivity index (χ3v) is 2.89. The van der Waals surface area contributed by atoms with Crippen LogP contribution < -0.4 is 5.32 Å². The first kappa shape index (κ1) is 11.6. The highest BCUT2D eigenvalue weighted by Crippen LogP contribution is 2.17. The van der Waals surface area contributed by atoms with Crippen molar-refractivity contribution in [3.63, 3.8) is 0 Å². The summed E-state index contributed by atoms with van der Waals surface area (Å²) in [5, 5.41) is 6.62. The van der Waals surface area contributed by atoms with E-state index in [0.29, 0.717) is 6.04 Å². The molecule has 0 bridgehead atoms. The Morgan fingerprint density at radius 2 is 2.43 bits per heavy atom. The van der Waals surface area contributed by atoms with Gasteiger partial charge in [-0.1, -0.05) is 6.92 Å². The van der Waals surface area contributed by atoms with Crippen LogP contribution in [-0.4, -0.2) is 24.7 Å². The molecular weight excluding hydrogens is 196 g/mol. The highest BCUT2D eigenvalue weighted by molar-refractivity contribution is 7.09. The van der Waals surface area contributed by atoms with Gasteiger partial charge in [-0.15, -0.1) is 11.3 Å². The summed E-state index contributed by atoms with van der Waals surface area (Å²) >= 11 is 1.70. The van der Waals surface area contributed by atoms with Crippen molar-refractivity contribution in [2.45, 2.75) is 26.3 Å². The van der Waals surface area contributed by atoms with E-state index < -0.39 is 0 Å². The molecule has 0 amide bonds. The van der Waals surface area contributed by atoms with E-state index in [1.54, 1.807) is 11.3 Å². The maximum Gasteiger partial charge on any atom is 0.109 e. The summed E-state index contributed by atoms with van der Waals surface area (Å²) in [5.41, 5.74) is 0. The summed E-state index contributed by atoms with van der Waals surface area (Å²) in [4.78, 5) is 4.30. The molecule has 0 fully saturated rings. The van der Waals surface area contributed by atoms with Gasteiger partial charge < -0.3 is 10.1 Å². The van der Waals surface area contributed by atoms with Gasteiger partial charge in [0.1, 0.15) is 5.01 Å². The predicted molar refractivity (Wildman–Crippen MR) is 59.6 cm³/mol.